The van der Waals surface area contributed by atoms with Gasteiger partial charge in [-0.2, -0.15) is 8.42 Å². The maximum Gasteiger partial charge on any atom is 0.339 e. The molecule has 100 valence electrons. The van der Waals surface area contributed by atoms with E-state index in [0.717, 1.165) is 12.1 Å². The van der Waals surface area contributed by atoms with E-state index in [0.29, 0.717) is 0 Å². The molecule has 0 aliphatic rings. The first-order chi connectivity index (χ1) is 8.36. The van der Waals surface area contributed by atoms with Gasteiger partial charge in [0.2, 0.25) is 0 Å². The minimum Gasteiger partial charge on any atom is -0.459 e. The lowest BCUT2D eigenvalue weighted by molar-refractivity contribution is 0.00902. The third-order valence-corrected chi connectivity index (χ3v) is 2.91. The number of hydrogen-bond donors (Lipinski definition) is 3. The van der Waals surface area contributed by atoms with Crippen molar-refractivity contribution in [1.82, 2.24) is 0 Å². The van der Waals surface area contributed by atoms with Gasteiger partial charge in [-0.25, -0.2) is 4.79 Å². The van der Waals surface area contributed by atoms with Crippen LogP contribution >= 0.6 is 0 Å². The standard InChI is InChI=1S/C10H12O7S/c11-5-7(12)6-17-10(13)8-3-1-2-4-9(8)18(14,15)16/h1-4,7,11-12H,5-6H2,(H,14,15,16). The predicted octanol–water partition coefficient (Wildman–Crippen LogP) is -0.557. The lowest BCUT2D eigenvalue weighted by Crippen LogP contribution is -2.22. The zero-order valence-electron chi connectivity index (χ0n) is 9.18. The number of benzene rings is 1. The molecule has 18 heavy (non-hydrogen) atoms. The van der Waals surface area contributed by atoms with Gasteiger partial charge in [-0.3, -0.25) is 4.55 Å². The predicted molar refractivity (Wildman–Crippen MR) is 59.6 cm³/mol. The van der Waals surface area contributed by atoms with E-state index in [-0.39, 0.29) is 5.56 Å². The topological polar surface area (TPSA) is 121 Å². The summed E-state index contributed by atoms with van der Waals surface area (Å²) in [5.41, 5.74) is -0.342. The Morgan fingerprint density at radius 1 is 1.33 bits per heavy atom. The molecule has 0 heterocycles. The Bertz CT molecular complexity index is 523. The minimum absolute atomic E-state index is 0.342. The molecule has 0 aliphatic heterocycles. The SMILES string of the molecule is O=C(OCC(O)CO)c1ccccc1S(=O)(=O)O. The molecule has 0 spiro atoms. The van der Waals surface area contributed by atoms with Crippen LogP contribution in [0.4, 0.5) is 0 Å². The molecule has 1 atom stereocenters. The second kappa shape index (κ2) is 5.91. The number of carbonyl (C=O) groups is 1. The van der Waals surface area contributed by atoms with Crippen molar-refractivity contribution in [3.8, 4) is 0 Å². The van der Waals surface area contributed by atoms with Crippen LogP contribution in [0.25, 0.3) is 0 Å². The molecule has 0 amide bonds. The van der Waals surface area contributed by atoms with Gasteiger partial charge < -0.3 is 14.9 Å². The van der Waals surface area contributed by atoms with Crippen molar-refractivity contribution >= 4 is 16.1 Å². The molecule has 0 saturated heterocycles. The van der Waals surface area contributed by atoms with Crippen LogP contribution in [-0.2, 0) is 14.9 Å². The van der Waals surface area contributed by atoms with Gasteiger partial charge in [-0.1, -0.05) is 12.1 Å². The summed E-state index contributed by atoms with van der Waals surface area (Å²) in [6.07, 6.45) is -1.24. The average Bonchev–Trinajstić information content (AvgIpc) is 2.34. The smallest absolute Gasteiger partial charge is 0.339 e. The van der Waals surface area contributed by atoms with Crippen LogP contribution in [0.1, 0.15) is 10.4 Å². The molecule has 3 N–H and O–H groups in total. The van der Waals surface area contributed by atoms with E-state index in [1.165, 1.54) is 12.1 Å². The molecule has 1 aromatic carbocycles. The summed E-state index contributed by atoms with van der Waals surface area (Å²) < 4.78 is 35.5. The van der Waals surface area contributed by atoms with Crippen LogP contribution in [0.5, 0.6) is 0 Å². The number of aliphatic hydroxyl groups is 2. The highest BCUT2D eigenvalue weighted by Gasteiger charge is 2.21. The second-order valence-corrected chi connectivity index (χ2v) is 4.80. The van der Waals surface area contributed by atoms with E-state index in [1.807, 2.05) is 0 Å². The van der Waals surface area contributed by atoms with E-state index >= 15 is 0 Å². The highest BCUT2D eigenvalue weighted by Crippen LogP contribution is 2.16. The number of hydrogen-bond acceptors (Lipinski definition) is 6. The normalized spacial score (nSPS) is 13.1. The molecule has 0 aliphatic carbocycles. The monoisotopic (exact) mass is 276 g/mol. The van der Waals surface area contributed by atoms with Crippen molar-refractivity contribution in [2.75, 3.05) is 13.2 Å². The van der Waals surface area contributed by atoms with Crippen LogP contribution in [0.3, 0.4) is 0 Å². The molecular formula is C10H12O7S. The fraction of sp³-hybridized carbons (Fsp3) is 0.300. The quantitative estimate of drug-likeness (QED) is 0.487. The van der Waals surface area contributed by atoms with Crippen molar-refractivity contribution in [3.05, 3.63) is 29.8 Å². The largest absolute Gasteiger partial charge is 0.459 e. The molecule has 1 unspecified atom stereocenters. The Morgan fingerprint density at radius 3 is 2.50 bits per heavy atom. The van der Waals surface area contributed by atoms with E-state index in [2.05, 4.69) is 4.74 Å². The summed E-state index contributed by atoms with van der Waals surface area (Å²) in [4.78, 5) is 11.0. The third-order valence-electron chi connectivity index (χ3n) is 2.00. The van der Waals surface area contributed by atoms with Gasteiger partial charge in [0.1, 0.15) is 17.6 Å². The maximum atomic E-state index is 11.5. The number of rotatable bonds is 5. The molecule has 1 aromatic rings. The van der Waals surface area contributed by atoms with Crippen molar-refractivity contribution in [3.63, 3.8) is 0 Å². The summed E-state index contributed by atoms with van der Waals surface area (Å²) in [5.74, 6) is -1.02. The van der Waals surface area contributed by atoms with Crippen LogP contribution in [0.15, 0.2) is 29.2 Å². The summed E-state index contributed by atoms with van der Waals surface area (Å²) in [7, 11) is -4.54. The van der Waals surface area contributed by atoms with Crippen LogP contribution < -0.4 is 0 Å². The van der Waals surface area contributed by atoms with Crippen LogP contribution in [0.2, 0.25) is 0 Å². The van der Waals surface area contributed by atoms with E-state index in [9.17, 15) is 13.2 Å². The molecule has 7 nitrogen and oxygen atoms in total. The Labute approximate surface area is 103 Å². The maximum absolute atomic E-state index is 11.5. The van der Waals surface area contributed by atoms with E-state index in [1.54, 1.807) is 0 Å². The Hall–Kier alpha value is -1.48. The molecular weight excluding hydrogens is 264 g/mol. The lowest BCUT2D eigenvalue weighted by Gasteiger charge is -2.10. The van der Waals surface area contributed by atoms with Crippen molar-refractivity contribution < 1.29 is 32.7 Å². The average molecular weight is 276 g/mol. The summed E-state index contributed by atoms with van der Waals surface area (Å²) >= 11 is 0. The Balaban J connectivity index is 2.93. The van der Waals surface area contributed by atoms with E-state index < -0.39 is 40.3 Å². The number of ether oxygens (including phenoxy) is 1. The first kappa shape index (κ1) is 14.6. The molecule has 0 aromatic heterocycles. The fourth-order valence-electron chi connectivity index (χ4n) is 1.16. The molecule has 8 heteroatoms. The van der Waals surface area contributed by atoms with Crippen molar-refractivity contribution in [1.29, 1.82) is 0 Å². The fourth-order valence-corrected chi connectivity index (χ4v) is 1.84. The highest BCUT2D eigenvalue weighted by molar-refractivity contribution is 7.86. The van der Waals surface area contributed by atoms with Gasteiger partial charge in [-0.05, 0) is 12.1 Å². The number of carbonyl (C=O) groups excluding carboxylic acids is 1. The van der Waals surface area contributed by atoms with Crippen molar-refractivity contribution in [2.24, 2.45) is 0 Å². The molecule has 0 radical (unpaired) electrons. The molecule has 0 bridgehead atoms. The highest BCUT2D eigenvalue weighted by atomic mass is 32.2. The second-order valence-electron chi connectivity index (χ2n) is 3.41. The van der Waals surface area contributed by atoms with Crippen molar-refractivity contribution in [2.45, 2.75) is 11.0 Å². The third kappa shape index (κ3) is 3.77. The minimum atomic E-state index is -4.54. The molecule has 1 rings (SSSR count). The van der Waals surface area contributed by atoms with Gasteiger partial charge >= 0.3 is 5.97 Å². The zero-order chi connectivity index (χ0) is 13.8. The number of esters is 1. The Morgan fingerprint density at radius 2 is 1.94 bits per heavy atom. The van der Waals surface area contributed by atoms with Gasteiger partial charge in [0.25, 0.3) is 10.1 Å². The zero-order valence-corrected chi connectivity index (χ0v) is 10.0. The van der Waals surface area contributed by atoms with Gasteiger partial charge in [0, 0.05) is 0 Å². The summed E-state index contributed by atoms with van der Waals surface area (Å²) in [5, 5.41) is 17.5. The first-order valence-electron chi connectivity index (χ1n) is 4.89. The van der Waals surface area contributed by atoms with Crippen LogP contribution in [-0.4, -0.2) is 48.5 Å². The molecule has 0 saturated carbocycles. The molecule has 0 fully saturated rings. The Kier molecular flexibility index (Phi) is 4.79. The van der Waals surface area contributed by atoms with Crippen LogP contribution in [0, 0.1) is 0 Å². The van der Waals surface area contributed by atoms with Gasteiger partial charge in [0.05, 0.1) is 12.2 Å². The summed E-state index contributed by atoms with van der Waals surface area (Å²) in [6.45, 7) is -1.07. The van der Waals surface area contributed by atoms with Gasteiger partial charge in [0.15, 0.2) is 0 Å². The lowest BCUT2D eigenvalue weighted by atomic mass is 10.2. The van der Waals surface area contributed by atoms with Gasteiger partial charge in [-0.15, -0.1) is 0 Å². The first-order valence-corrected chi connectivity index (χ1v) is 6.33. The number of aliphatic hydroxyl groups excluding tert-OH is 2. The summed E-state index contributed by atoms with van der Waals surface area (Å²) in [6, 6.07) is 4.95. The van der Waals surface area contributed by atoms with E-state index in [4.69, 9.17) is 14.8 Å².